The zero-order chi connectivity index (χ0) is 14.5. The molecule has 0 fully saturated rings. The van der Waals surface area contributed by atoms with Gasteiger partial charge in [-0.25, -0.2) is 0 Å². The van der Waals surface area contributed by atoms with E-state index in [-0.39, 0.29) is 0 Å². The Balaban J connectivity index is 2.13. The van der Waals surface area contributed by atoms with Gasteiger partial charge in [0, 0.05) is 30.5 Å². The number of hydrogen-bond donors (Lipinski definition) is 2. The summed E-state index contributed by atoms with van der Waals surface area (Å²) < 4.78 is 0. The van der Waals surface area contributed by atoms with E-state index in [4.69, 9.17) is 5.73 Å². The summed E-state index contributed by atoms with van der Waals surface area (Å²) in [5, 5.41) is 9.66. The van der Waals surface area contributed by atoms with E-state index >= 15 is 0 Å². The molecule has 0 atom stereocenters. The fourth-order valence-corrected chi connectivity index (χ4v) is 2.40. The van der Waals surface area contributed by atoms with E-state index in [0.29, 0.717) is 5.75 Å². The van der Waals surface area contributed by atoms with Gasteiger partial charge in [-0.1, -0.05) is 24.3 Å². The second-order valence-electron chi connectivity index (χ2n) is 5.00. The second kappa shape index (κ2) is 6.33. The highest BCUT2D eigenvalue weighted by Crippen LogP contribution is 2.25. The van der Waals surface area contributed by atoms with E-state index in [0.717, 1.165) is 30.9 Å². The van der Waals surface area contributed by atoms with Crippen molar-refractivity contribution in [1.82, 2.24) is 0 Å². The quantitative estimate of drug-likeness (QED) is 0.819. The zero-order valence-electron chi connectivity index (χ0n) is 12.1. The smallest absolute Gasteiger partial charge is 0.117 e. The van der Waals surface area contributed by atoms with Crippen molar-refractivity contribution >= 4 is 11.4 Å². The molecule has 106 valence electrons. The average Bonchev–Trinajstić information content (AvgIpc) is 2.45. The van der Waals surface area contributed by atoms with E-state index in [9.17, 15) is 5.11 Å². The van der Waals surface area contributed by atoms with Gasteiger partial charge in [0.1, 0.15) is 5.75 Å². The van der Waals surface area contributed by atoms with Crippen molar-refractivity contribution in [2.75, 3.05) is 23.7 Å². The standard InChI is InChI=1S/C17H22N2O/c1-3-19(17-12-15(20)9-8-13(17)2)11-10-14-6-4-5-7-16(14)18/h4-9,12,20H,3,10-11,18H2,1-2H3. The van der Waals surface area contributed by atoms with Gasteiger partial charge < -0.3 is 15.7 Å². The van der Waals surface area contributed by atoms with Crippen LogP contribution in [0.25, 0.3) is 0 Å². The first-order valence-corrected chi connectivity index (χ1v) is 6.99. The van der Waals surface area contributed by atoms with Gasteiger partial charge in [0.2, 0.25) is 0 Å². The van der Waals surface area contributed by atoms with Crippen molar-refractivity contribution in [3.05, 3.63) is 53.6 Å². The lowest BCUT2D eigenvalue weighted by Crippen LogP contribution is -2.26. The summed E-state index contributed by atoms with van der Waals surface area (Å²) in [6.07, 6.45) is 0.898. The minimum Gasteiger partial charge on any atom is -0.508 e. The molecular formula is C17H22N2O. The van der Waals surface area contributed by atoms with Crippen LogP contribution in [-0.4, -0.2) is 18.2 Å². The first-order chi connectivity index (χ1) is 9.61. The molecule has 3 N–H and O–H groups in total. The third-order valence-electron chi connectivity index (χ3n) is 3.62. The van der Waals surface area contributed by atoms with Gasteiger partial charge in [-0.05, 0) is 43.5 Å². The fourth-order valence-electron chi connectivity index (χ4n) is 2.40. The molecule has 0 saturated carbocycles. The summed E-state index contributed by atoms with van der Waals surface area (Å²) in [5.74, 6) is 0.309. The molecule has 0 radical (unpaired) electrons. The first kappa shape index (κ1) is 14.3. The van der Waals surface area contributed by atoms with Crippen LogP contribution in [0.4, 0.5) is 11.4 Å². The Morgan fingerprint density at radius 3 is 2.60 bits per heavy atom. The summed E-state index contributed by atoms with van der Waals surface area (Å²) in [7, 11) is 0. The molecule has 0 saturated heterocycles. The van der Waals surface area contributed by atoms with Crippen LogP contribution in [0, 0.1) is 6.92 Å². The number of phenols is 1. The lowest BCUT2D eigenvalue weighted by atomic mass is 10.1. The number of aryl methyl sites for hydroxylation is 1. The highest BCUT2D eigenvalue weighted by atomic mass is 16.3. The van der Waals surface area contributed by atoms with E-state index in [2.05, 4.69) is 24.8 Å². The fraction of sp³-hybridized carbons (Fsp3) is 0.294. The third-order valence-corrected chi connectivity index (χ3v) is 3.62. The summed E-state index contributed by atoms with van der Waals surface area (Å²) in [6, 6.07) is 13.5. The van der Waals surface area contributed by atoms with Crippen LogP contribution in [-0.2, 0) is 6.42 Å². The number of nitrogens with two attached hydrogens (primary N) is 1. The Morgan fingerprint density at radius 1 is 1.15 bits per heavy atom. The zero-order valence-corrected chi connectivity index (χ0v) is 12.1. The van der Waals surface area contributed by atoms with E-state index in [1.807, 2.05) is 30.3 Å². The highest BCUT2D eigenvalue weighted by Gasteiger charge is 2.09. The average molecular weight is 270 g/mol. The van der Waals surface area contributed by atoms with Crippen molar-refractivity contribution in [3.63, 3.8) is 0 Å². The second-order valence-corrected chi connectivity index (χ2v) is 5.00. The molecule has 2 rings (SSSR count). The number of aromatic hydroxyl groups is 1. The lowest BCUT2D eigenvalue weighted by molar-refractivity contribution is 0.475. The first-order valence-electron chi connectivity index (χ1n) is 6.99. The SMILES string of the molecule is CCN(CCc1ccccc1N)c1cc(O)ccc1C. The summed E-state index contributed by atoms with van der Waals surface area (Å²) >= 11 is 0. The number of nitrogen functional groups attached to an aromatic ring is 1. The minimum atomic E-state index is 0.309. The van der Waals surface area contributed by atoms with E-state index in [1.54, 1.807) is 6.07 Å². The van der Waals surface area contributed by atoms with Crippen LogP contribution < -0.4 is 10.6 Å². The Morgan fingerprint density at radius 2 is 1.90 bits per heavy atom. The normalized spacial score (nSPS) is 10.5. The van der Waals surface area contributed by atoms with Gasteiger partial charge in [-0.3, -0.25) is 0 Å². The number of hydrogen-bond acceptors (Lipinski definition) is 3. The molecule has 0 aliphatic carbocycles. The third kappa shape index (κ3) is 3.23. The Hall–Kier alpha value is -2.16. The number of benzene rings is 2. The van der Waals surface area contributed by atoms with Crippen molar-refractivity contribution in [3.8, 4) is 5.75 Å². The molecule has 0 aliphatic heterocycles. The molecule has 0 amide bonds. The summed E-state index contributed by atoms with van der Waals surface area (Å²) in [4.78, 5) is 2.27. The van der Waals surface area contributed by atoms with Crippen molar-refractivity contribution < 1.29 is 5.11 Å². The van der Waals surface area contributed by atoms with Gasteiger partial charge in [-0.15, -0.1) is 0 Å². The predicted octanol–water partition coefficient (Wildman–Crippen LogP) is 3.35. The van der Waals surface area contributed by atoms with Crippen LogP contribution in [0.15, 0.2) is 42.5 Å². The molecular weight excluding hydrogens is 248 g/mol. The van der Waals surface area contributed by atoms with Crippen molar-refractivity contribution in [2.24, 2.45) is 0 Å². The summed E-state index contributed by atoms with van der Waals surface area (Å²) in [6.45, 7) is 5.97. The number of rotatable bonds is 5. The molecule has 0 spiro atoms. The molecule has 0 bridgehead atoms. The molecule has 3 nitrogen and oxygen atoms in total. The Bertz CT molecular complexity index is 581. The number of para-hydroxylation sites is 1. The molecule has 0 aliphatic rings. The maximum Gasteiger partial charge on any atom is 0.117 e. The maximum atomic E-state index is 9.66. The van der Waals surface area contributed by atoms with Crippen LogP contribution in [0.2, 0.25) is 0 Å². The highest BCUT2D eigenvalue weighted by molar-refractivity contribution is 5.57. The van der Waals surface area contributed by atoms with E-state index < -0.39 is 0 Å². The molecule has 3 heteroatoms. The molecule has 0 unspecified atom stereocenters. The lowest BCUT2D eigenvalue weighted by Gasteiger charge is -2.25. The van der Waals surface area contributed by atoms with Gasteiger partial charge in [-0.2, -0.15) is 0 Å². The van der Waals surface area contributed by atoms with Gasteiger partial charge in [0.05, 0.1) is 0 Å². The maximum absolute atomic E-state index is 9.66. The van der Waals surface area contributed by atoms with Crippen LogP contribution >= 0.6 is 0 Å². The predicted molar refractivity (Wildman–Crippen MR) is 85.3 cm³/mol. The minimum absolute atomic E-state index is 0.309. The van der Waals surface area contributed by atoms with Gasteiger partial charge in [0.15, 0.2) is 0 Å². The van der Waals surface area contributed by atoms with Crippen LogP contribution in [0.5, 0.6) is 5.75 Å². The largest absolute Gasteiger partial charge is 0.508 e. The van der Waals surface area contributed by atoms with Crippen LogP contribution in [0.1, 0.15) is 18.1 Å². The Labute approximate surface area is 120 Å². The van der Waals surface area contributed by atoms with Crippen molar-refractivity contribution in [1.29, 1.82) is 0 Å². The molecule has 20 heavy (non-hydrogen) atoms. The number of anilines is 2. The van der Waals surface area contributed by atoms with E-state index in [1.165, 1.54) is 11.1 Å². The molecule has 0 aromatic heterocycles. The monoisotopic (exact) mass is 270 g/mol. The number of likely N-dealkylation sites (N-methyl/N-ethyl adjacent to an activating group) is 1. The molecule has 0 heterocycles. The van der Waals surface area contributed by atoms with Crippen LogP contribution in [0.3, 0.4) is 0 Å². The topological polar surface area (TPSA) is 49.5 Å². The molecule has 2 aromatic rings. The van der Waals surface area contributed by atoms with Crippen molar-refractivity contribution in [2.45, 2.75) is 20.3 Å². The Kier molecular flexibility index (Phi) is 4.51. The van der Waals surface area contributed by atoms with Gasteiger partial charge >= 0.3 is 0 Å². The number of nitrogens with zero attached hydrogens (tertiary/aromatic N) is 1. The summed E-state index contributed by atoms with van der Waals surface area (Å²) in [5.41, 5.74) is 10.3. The molecule has 2 aromatic carbocycles. The number of phenolic OH excluding ortho intramolecular Hbond substituents is 1. The van der Waals surface area contributed by atoms with Gasteiger partial charge in [0.25, 0.3) is 0 Å².